The third-order valence-corrected chi connectivity index (χ3v) is 6.47. The van der Waals surface area contributed by atoms with Crippen LogP contribution in [0, 0.1) is 11.3 Å². The van der Waals surface area contributed by atoms with Crippen LogP contribution in [0.3, 0.4) is 0 Å². The van der Waals surface area contributed by atoms with Gasteiger partial charge in [0.25, 0.3) is 5.91 Å². The third kappa shape index (κ3) is 5.91. The molecule has 0 aliphatic rings. The fourth-order valence-corrected chi connectivity index (χ4v) is 4.41. The van der Waals surface area contributed by atoms with E-state index in [0.717, 1.165) is 20.8 Å². The largest absolute Gasteiger partial charge is 0.493 e. The van der Waals surface area contributed by atoms with Crippen LogP contribution in [0.4, 0.5) is 5.69 Å². The first kappa shape index (κ1) is 24.5. The SMILES string of the molecule is COc1cc(/C=C(/C#N)C(=O)Nc2cccc(Br)c2)c(Br)cc1OCc1cccc2ccccc12. The highest BCUT2D eigenvalue weighted by Crippen LogP contribution is 2.35. The van der Waals surface area contributed by atoms with E-state index >= 15 is 0 Å². The van der Waals surface area contributed by atoms with Gasteiger partial charge in [-0.1, -0.05) is 80.4 Å². The number of hydrogen-bond donors (Lipinski definition) is 1. The molecule has 0 aliphatic carbocycles. The van der Waals surface area contributed by atoms with Crippen LogP contribution in [0.2, 0.25) is 0 Å². The molecular formula is C28H20Br2N2O3. The summed E-state index contributed by atoms with van der Waals surface area (Å²) in [5.74, 6) is 0.527. The number of carbonyl (C=O) groups is 1. The summed E-state index contributed by atoms with van der Waals surface area (Å²) in [5, 5.41) is 14.6. The fraction of sp³-hybridized carbons (Fsp3) is 0.0714. The molecule has 5 nitrogen and oxygen atoms in total. The molecule has 35 heavy (non-hydrogen) atoms. The summed E-state index contributed by atoms with van der Waals surface area (Å²) in [6, 6.07) is 26.9. The van der Waals surface area contributed by atoms with Crippen molar-refractivity contribution in [1.82, 2.24) is 0 Å². The number of anilines is 1. The number of fused-ring (bicyclic) bond motifs is 1. The molecule has 4 rings (SSSR count). The number of ether oxygens (including phenoxy) is 2. The van der Waals surface area contributed by atoms with Gasteiger partial charge in [0.05, 0.1) is 7.11 Å². The molecule has 0 unspecified atom stereocenters. The molecule has 1 amide bonds. The lowest BCUT2D eigenvalue weighted by Gasteiger charge is -2.14. The van der Waals surface area contributed by atoms with Gasteiger partial charge in [-0.05, 0) is 58.3 Å². The first-order valence-corrected chi connectivity index (χ1v) is 12.2. The van der Waals surface area contributed by atoms with Crippen LogP contribution in [0.15, 0.2) is 93.4 Å². The first-order chi connectivity index (χ1) is 17.0. The topological polar surface area (TPSA) is 71.3 Å². The quantitative estimate of drug-likeness (QED) is 0.178. The van der Waals surface area contributed by atoms with Gasteiger partial charge in [-0.15, -0.1) is 0 Å². The van der Waals surface area contributed by atoms with E-state index in [9.17, 15) is 10.1 Å². The molecule has 174 valence electrons. The lowest BCUT2D eigenvalue weighted by atomic mass is 10.1. The zero-order valence-corrected chi connectivity index (χ0v) is 21.9. The average molecular weight is 592 g/mol. The average Bonchev–Trinajstić information content (AvgIpc) is 2.86. The van der Waals surface area contributed by atoms with Crippen molar-refractivity contribution < 1.29 is 14.3 Å². The molecule has 0 bridgehead atoms. The Bertz CT molecular complexity index is 1470. The van der Waals surface area contributed by atoms with E-state index in [4.69, 9.17) is 9.47 Å². The van der Waals surface area contributed by atoms with E-state index in [1.54, 1.807) is 37.4 Å². The Kier molecular flexibility index (Phi) is 7.86. The van der Waals surface area contributed by atoms with Gasteiger partial charge in [0, 0.05) is 14.6 Å². The number of nitrogens with zero attached hydrogens (tertiary/aromatic N) is 1. The first-order valence-electron chi connectivity index (χ1n) is 10.6. The number of halogens is 2. The summed E-state index contributed by atoms with van der Waals surface area (Å²) in [4.78, 5) is 12.7. The van der Waals surface area contributed by atoms with Crippen molar-refractivity contribution in [3.8, 4) is 17.6 Å². The number of hydrogen-bond acceptors (Lipinski definition) is 4. The molecule has 0 radical (unpaired) electrons. The van der Waals surface area contributed by atoms with Crippen LogP contribution in [-0.4, -0.2) is 13.0 Å². The summed E-state index contributed by atoms with van der Waals surface area (Å²) in [5.41, 5.74) is 2.21. The zero-order valence-electron chi connectivity index (χ0n) is 18.7. The summed E-state index contributed by atoms with van der Waals surface area (Å²) in [6.07, 6.45) is 1.51. The summed E-state index contributed by atoms with van der Waals surface area (Å²) < 4.78 is 13.1. The van der Waals surface area contributed by atoms with Crippen molar-refractivity contribution in [2.75, 3.05) is 12.4 Å². The maximum Gasteiger partial charge on any atom is 0.266 e. The number of rotatable bonds is 7. The number of amides is 1. The van der Waals surface area contributed by atoms with Crippen molar-refractivity contribution in [3.05, 3.63) is 105 Å². The number of benzene rings is 4. The predicted molar refractivity (Wildman–Crippen MR) is 145 cm³/mol. The molecule has 0 fully saturated rings. The summed E-state index contributed by atoms with van der Waals surface area (Å²) in [7, 11) is 1.55. The van der Waals surface area contributed by atoms with Crippen molar-refractivity contribution >= 4 is 60.3 Å². The van der Waals surface area contributed by atoms with Crippen LogP contribution < -0.4 is 14.8 Å². The minimum absolute atomic E-state index is 0.0443. The van der Waals surface area contributed by atoms with Crippen molar-refractivity contribution in [2.24, 2.45) is 0 Å². The van der Waals surface area contributed by atoms with Crippen LogP contribution in [-0.2, 0) is 11.4 Å². The van der Waals surface area contributed by atoms with Gasteiger partial charge in [-0.3, -0.25) is 4.79 Å². The Morgan fingerprint density at radius 1 is 1.00 bits per heavy atom. The summed E-state index contributed by atoms with van der Waals surface area (Å²) >= 11 is 6.90. The van der Waals surface area contributed by atoms with E-state index in [-0.39, 0.29) is 5.57 Å². The lowest BCUT2D eigenvalue weighted by molar-refractivity contribution is -0.112. The van der Waals surface area contributed by atoms with Gasteiger partial charge in [0.1, 0.15) is 18.2 Å². The van der Waals surface area contributed by atoms with Gasteiger partial charge in [0.15, 0.2) is 11.5 Å². The molecular weight excluding hydrogens is 572 g/mol. The molecule has 0 aliphatic heterocycles. The maximum absolute atomic E-state index is 12.7. The summed E-state index contributed by atoms with van der Waals surface area (Å²) in [6.45, 7) is 0.359. The molecule has 7 heteroatoms. The van der Waals surface area contributed by atoms with Crippen molar-refractivity contribution in [1.29, 1.82) is 5.26 Å². The molecule has 0 atom stereocenters. The van der Waals surface area contributed by atoms with Gasteiger partial charge in [0.2, 0.25) is 0 Å². The Hall–Kier alpha value is -3.60. The minimum Gasteiger partial charge on any atom is -0.493 e. The van der Waals surface area contributed by atoms with E-state index in [0.29, 0.717) is 33.8 Å². The van der Waals surface area contributed by atoms with Crippen LogP contribution >= 0.6 is 31.9 Å². The standard InChI is InChI=1S/C28H20Br2N2O3/c1-34-26-13-20(12-21(16-31)28(33)32-23-10-5-9-22(29)14-23)25(30)15-27(26)35-17-19-8-4-7-18-6-2-3-11-24(18)19/h2-15H,17H2,1H3,(H,32,33)/b21-12-. The van der Waals surface area contributed by atoms with Gasteiger partial charge < -0.3 is 14.8 Å². The third-order valence-electron chi connectivity index (χ3n) is 5.29. The van der Waals surface area contributed by atoms with Crippen LogP contribution in [0.25, 0.3) is 16.8 Å². The number of nitrogens with one attached hydrogen (secondary N) is 1. The van der Waals surface area contributed by atoms with Crippen LogP contribution in [0.5, 0.6) is 11.5 Å². The van der Waals surface area contributed by atoms with Gasteiger partial charge >= 0.3 is 0 Å². The normalized spacial score (nSPS) is 11.1. The minimum atomic E-state index is -0.507. The highest BCUT2D eigenvalue weighted by atomic mass is 79.9. The Balaban J connectivity index is 1.57. The highest BCUT2D eigenvalue weighted by Gasteiger charge is 2.14. The second-order valence-electron chi connectivity index (χ2n) is 7.59. The molecule has 0 spiro atoms. The monoisotopic (exact) mass is 590 g/mol. The molecule has 4 aromatic carbocycles. The van der Waals surface area contributed by atoms with Crippen molar-refractivity contribution in [2.45, 2.75) is 6.61 Å². The molecule has 1 N–H and O–H groups in total. The number of carbonyl (C=O) groups excluding carboxylic acids is 1. The Morgan fingerprint density at radius 2 is 1.77 bits per heavy atom. The molecule has 4 aromatic rings. The van der Waals surface area contributed by atoms with Crippen molar-refractivity contribution in [3.63, 3.8) is 0 Å². The smallest absolute Gasteiger partial charge is 0.266 e. The lowest BCUT2D eigenvalue weighted by Crippen LogP contribution is -2.13. The van der Waals surface area contributed by atoms with Gasteiger partial charge in [-0.2, -0.15) is 5.26 Å². The second-order valence-corrected chi connectivity index (χ2v) is 9.36. The zero-order chi connectivity index (χ0) is 24.8. The molecule has 0 saturated heterocycles. The predicted octanol–water partition coefficient (Wildman–Crippen LogP) is 7.50. The van der Waals surface area contributed by atoms with E-state index < -0.39 is 5.91 Å². The van der Waals surface area contributed by atoms with Crippen LogP contribution in [0.1, 0.15) is 11.1 Å². The number of methoxy groups -OCH3 is 1. The van der Waals surface area contributed by atoms with E-state index in [1.807, 2.05) is 36.4 Å². The van der Waals surface area contributed by atoms with Gasteiger partial charge in [-0.25, -0.2) is 0 Å². The highest BCUT2D eigenvalue weighted by molar-refractivity contribution is 9.10. The maximum atomic E-state index is 12.7. The Morgan fingerprint density at radius 3 is 2.54 bits per heavy atom. The fourth-order valence-electron chi connectivity index (χ4n) is 3.58. The van der Waals surface area contributed by atoms with E-state index in [1.165, 1.54) is 6.08 Å². The molecule has 0 aromatic heterocycles. The van der Waals surface area contributed by atoms with E-state index in [2.05, 4.69) is 55.4 Å². The second kappa shape index (κ2) is 11.2. The molecule has 0 saturated carbocycles. The Labute approximate surface area is 220 Å². The molecule has 0 heterocycles. The number of nitriles is 1.